The first-order chi connectivity index (χ1) is 11.7. The zero-order chi connectivity index (χ0) is 16.9. The van der Waals surface area contributed by atoms with Crippen molar-refractivity contribution in [2.24, 2.45) is 4.99 Å². The van der Waals surface area contributed by atoms with Crippen molar-refractivity contribution in [2.75, 3.05) is 36.5 Å². The number of aliphatic imine (C=N–C) groups is 1. The van der Waals surface area contributed by atoms with Crippen molar-refractivity contribution in [2.45, 2.75) is 6.92 Å². The molecule has 1 aliphatic heterocycles. The molecule has 0 amide bonds. The maximum atomic E-state index is 11.5. The molecule has 24 heavy (non-hydrogen) atoms. The number of hydrogen-bond acceptors (Lipinski definition) is 5. The average molecular weight is 343 g/mol. The van der Waals surface area contributed by atoms with Gasteiger partial charge in [0.05, 0.1) is 5.57 Å². The molecule has 0 atom stereocenters. The van der Waals surface area contributed by atoms with Crippen LogP contribution in [0.3, 0.4) is 0 Å². The van der Waals surface area contributed by atoms with Crippen LogP contribution in [0.1, 0.15) is 12.8 Å². The first kappa shape index (κ1) is 16.6. The van der Waals surface area contributed by atoms with Gasteiger partial charge in [0.1, 0.15) is 12.0 Å². The summed E-state index contributed by atoms with van der Waals surface area (Å²) in [5, 5.41) is 0. The molecule has 0 radical (unpaired) electrons. The van der Waals surface area contributed by atoms with Gasteiger partial charge in [-0.25, -0.2) is 4.98 Å². The number of allylic oxidation sites excluding steroid dienone is 2. The SMILES string of the molecule is C/C=C(\C=NC)c1nc(-c2ccc(N3CCS(=O)CC3)cc2)co1. The molecule has 1 aromatic heterocycles. The van der Waals surface area contributed by atoms with E-state index in [0.29, 0.717) is 5.89 Å². The van der Waals surface area contributed by atoms with Gasteiger partial charge in [-0.15, -0.1) is 0 Å². The van der Waals surface area contributed by atoms with E-state index in [1.807, 2.05) is 25.1 Å². The van der Waals surface area contributed by atoms with Gasteiger partial charge in [-0.2, -0.15) is 0 Å². The molecule has 5 nitrogen and oxygen atoms in total. The summed E-state index contributed by atoms with van der Waals surface area (Å²) in [5.41, 5.74) is 3.84. The van der Waals surface area contributed by atoms with Crippen LogP contribution in [0.2, 0.25) is 0 Å². The quantitative estimate of drug-likeness (QED) is 0.801. The lowest BCUT2D eigenvalue weighted by molar-refractivity contribution is 0.544. The summed E-state index contributed by atoms with van der Waals surface area (Å²) in [7, 11) is 1.07. The lowest BCUT2D eigenvalue weighted by atomic mass is 10.1. The number of oxazole rings is 1. The molecule has 1 aliphatic rings. The van der Waals surface area contributed by atoms with E-state index >= 15 is 0 Å². The predicted molar refractivity (Wildman–Crippen MR) is 100 cm³/mol. The molecule has 0 bridgehead atoms. The Hall–Kier alpha value is -2.21. The molecule has 3 rings (SSSR count). The zero-order valence-electron chi connectivity index (χ0n) is 13.9. The van der Waals surface area contributed by atoms with E-state index < -0.39 is 10.8 Å². The van der Waals surface area contributed by atoms with Crippen LogP contribution in [0.4, 0.5) is 5.69 Å². The molecule has 6 heteroatoms. The van der Waals surface area contributed by atoms with Crippen molar-refractivity contribution in [1.82, 2.24) is 4.98 Å². The van der Waals surface area contributed by atoms with Crippen molar-refractivity contribution in [3.63, 3.8) is 0 Å². The molecular formula is C18H21N3O2S. The van der Waals surface area contributed by atoms with Gasteiger partial charge in [-0.1, -0.05) is 18.2 Å². The monoisotopic (exact) mass is 343 g/mol. The molecule has 0 aliphatic carbocycles. The van der Waals surface area contributed by atoms with Crippen molar-refractivity contribution >= 4 is 28.3 Å². The van der Waals surface area contributed by atoms with Gasteiger partial charge < -0.3 is 9.32 Å². The zero-order valence-corrected chi connectivity index (χ0v) is 14.8. The number of hydrogen-bond donors (Lipinski definition) is 0. The highest BCUT2D eigenvalue weighted by molar-refractivity contribution is 7.85. The molecule has 0 N–H and O–H groups in total. The Morgan fingerprint density at radius 1 is 1.29 bits per heavy atom. The fourth-order valence-corrected chi connectivity index (χ4v) is 3.72. The van der Waals surface area contributed by atoms with Crippen LogP contribution in [0.25, 0.3) is 16.8 Å². The highest BCUT2D eigenvalue weighted by Crippen LogP contribution is 2.25. The van der Waals surface area contributed by atoms with E-state index in [2.05, 4.69) is 27.0 Å². The Kier molecular flexibility index (Phi) is 5.25. The Labute approximate surface area is 144 Å². The first-order valence-electron chi connectivity index (χ1n) is 7.96. The molecule has 1 fully saturated rings. The van der Waals surface area contributed by atoms with E-state index in [0.717, 1.165) is 47.1 Å². The minimum Gasteiger partial charge on any atom is -0.444 e. The topological polar surface area (TPSA) is 58.7 Å². The summed E-state index contributed by atoms with van der Waals surface area (Å²) >= 11 is 0. The number of benzene rings is 1. The van der Waals surface area contributed by atoms with Gasteiger partial charge in [0, 0.05) is 59.9 Å². The van der Waals surface area contributed by atoms with E-state index in [1.165, 1.54) is 0 Å². The smallest absolute Gasteiger partial charge is 0.227 e. The fraction of sp³-hybridized carbons (Fsp3) is 0.333. The van der Waals surface area contributed by atoms with Crippen LogP contribution in [0.5, 0.6) is 0 Å². The van der Waals surface area contributed by atoms with Crippen LogP contribution >= 0.6 is 0 Å². The Balaban J connectivity index is 1.76. The maximum Gasteiger partial charge on any atom is 0.227 e. The summed E-state index contributed by atoms with van der Waals surface area (Å²) in [5.74, 6) is 2.07. The number of nitrogens with zero attached hydrogens (tertiary/aromatic N) is 3. The molecule has 1 saturated heterocycles. The second-order valence-electron chi connectivity index (χ2n) is 5.55. The third-order valence-electron chi connectivity index (χ3n) is 4.04. The van der Waals surface area contributed by atoms with Gasteiger partial charge in [-0.05, 0) is 19.1 Å². The average Bonchev–Trinajstić information content (AvgIpc) is 3.10. The summed E-state index contributed by atoms with van der Waals surface area (Å²) < 4.78 is 17.0. The normalized spacial score (nSPS) is 16.9. The molecule has 126 valence electrons. The van der Waals surface area contributed by atoms with E-state index in [-0.39, 0.29) is 0 Å². The van der Waals surface area contributed by atoms with Crippen molar-refractivity contribution in [3.8, 4) is 11.3 Å². The molecule has 0 unspecified atom stereocenters. The minimum absolute atomic E-state index is 0.570. The van der Waals surface area contributed by atoms with Gasteiger partial charge in [-0.3, -0.25) is 9.20 Å². The molecular weight excluding hydrogens is 322 g/mol. The lowest BCUT2D eigenvalue weighted by Gasteiger charge is -2.28. The van der Waals surface area contributed by atoms with Crippen molar-refractivity contribution < 1.29 is 8.63 Å². The predicted octanol–water partition coefficient (Wildman–Crippen LogP) is 3.01. The van der Waals surface area contributed by atoms with E-state index in [9.17, 15) is 4.21 Å². The van der Waals surface area contributed by atoms with Crippen LogP contribution in [-0.4, -0.2) is 47.1 Å². The molecule has 2 heterocycles. The fourth-order valence-electron chi connectivity index (χ4n) is 2.67. The number of aromatic nitrogens is 1. The molecule has 2 aromatic rings. The van der Waals surface area contributed by atoms with Gasteiger partial charge in [0.25, 0.3) is 0 Å². The second-order valence-corrected chi connectivity index (χ2v) is 7.25. The van der Waals surface area contributed by atoms with Gasteiger partial charge >= 0.3 is 0 Å². The largest absolute Gasteiger partial charge is 0.444 e. The molecule has 0 saturated carbocycles. The summed E-state index contributed by atoms with van der Waals surface area (Å²) in [6.45, 7) is 3.63. The van der Waals surface area contributed by atoms with Crippen LogP contribution < -0.4 is 4.90 Å². The maximum absolute atomic E-state index is 11.5. The second kappa shape index (κ2) is 7.57. The van der Waals surface area contributed by atoms with E-state index in [1.54, 1.807) is 19.5 Å². The van der Waals surface area contributed by atoms with E-state index in [4.69, 9.17) is 4.42 Å². The highest BCUT2D eigenvalue weighted by atomic mass is 32.2. The van der Waals surface area contributed by atoms with Crippen molar-refractivity contribution in [3.05, 3.63) is 42.5 Å². The highest BCUT2D eigenvalue weighted by Gasteiger charge is 2.16. The van der Waals surface area contributed by atoms with Gasteiger partial charge in [0.15, 0.2) is 0 Å². The number of anilines is 1. The Bertz CT molecular complexity index is 768. The summed E-state index contributed by atoms with van der Waals surface area (Å²) in [4.78, 5) is 10.8. The van der Waals surface area contributed by atoms with Crippen LogP contribution in [0, 0.1) is 0 Å². The Morgan fingerprint density at radius 2 is 2.00 bits per heavy atom. The lowest BCUT2D eigenvalue weighted by Crippen LogP contribution is -2.37. The van der Waals surface area contributed by atoms with Gasteiger partial charge in [0.2, 0.25) is 5.89 Å². The van der Waals surface area contributed by atoms with Crippen LogP contribution in [0.15, 0.2) is 46.0 Å². The number of rotatable bonds is 4. The Morgan fingerprint density at radius 3 is 2.62 bits per heavy atom. The molecule has 0 spiro atoms. The summed E-state index contributed by atoms with van der Waals surface area (Å²) in [6, 6.07) is 8.27. The third kappa shape index (κ3) is 3.64. The summed E-state index contributed by atoms with van der Waals surface area (Å²) in [6.07, 6.45) is 5.33. The minimum atomic E-state index is -0.653. The standard InChI is InChI=1S/C18H21N3O2S/c1-3-14(12-19-2)18-20-17(13-23-18)15-4-6-16(7-5-15)21-8-10-24(22)11-9-21/h3-7,12-13H,8-11H2,1-2H3/b14-3+,19-12?. The first-order valence-corrected chi connectivity index (χ1v) is 9.45. The third-order valence-corrected chi connectivity index (χ3v) is 5.31. The van der Waals surface area contributed by atoms with Crippen LogP contribution in [-0.2, 0) is 10.8 Å². The van der Waals surface area contributed by atoms with Crippen molar-refractivity contribution in [1.29, 1.82) is 0 Å². The molecule has 1 aromatic carbocycles.